The van der Waals surface area contributed by atoms with Crippen molar-refractivity contribution in [2.45, 2.75) is 19.4 Å². The fourth-order valence-corrected chi connectivity index (χ4v) is 1.84. The molecule has 2 heterocycles. The molecule has 1 aromatic rings. The van der Waals surface area contributed by atoms with Crippen LogP contribution in [-0.4, -0.2) is 22.6 Å². The van der Waals surface area contributed by atoms with Crippen molar-refractivity contribution in [1.29, 1.82) is 0 Å². The summed E-state index contributed by atoms with van der Waals surface area (Å²) in [4.78, 5) is 15.1. The molecule has 1 unspecified atom stereocenters. The molecule has 1 fully saturated rings. The highest BCUT2D eigenvalue weighted by Crippen LogP contribution is 2.12. The van der Waals surface area contributed by atoms with Crippen LogP contribution in [0.3, 0.4) is 0 Å². The molecule has 2 rings (SSSR count). The van der Waals surface area contributed by atoms with E-state index in [0.29, 0.717) is 0 Å². The number of aromatic nitrogens is 2. The van der Waals surface area contributed by atoms with Gasteiger partial charge in [-0.1, -0.05) is 0 Å². The number of rotatable bonds is 3. The van der Waals surface area contributed by atoms with Gasteiger partial charge in [0.05, 0.1) is 6.20 Å². The van der Waals surface area contributed by atoms with E-state index in [1.807, 2.05) is 0 Å². The Morgan fingerprint density at radius 3 is 3.29 bits per heavy atom. The van der Waals surface area contributed by atoms with Gasteiger partial charge in [-0.05, 0) is 31.8 Å². The summed E-state index contributed by atoms with van der Waals surface area (Å²) in [5, 5.41) is 3.32. The molecule has 1 aliphatic heterocycles. The normalized spacial score (nSPS) is 21.3. The van der Waals surface area contributed by atoms with Crippen LogP contribution < -0.4 is 10.9 Å². The van der Waals surface area contributed by atoms with Gasteiger partial charge in [0.2, 0.25) is 0 Å². The Hall–Kier alpha value is -1.16. The molecule has 0 aliphatic carbocycles. The topological polar surface area (TPSA) is 46.9 Å². The minimum Gasteiger partial charge on any atom is -0.316 e. The zero-order valence-electron chi connectivity index (χ0n) is 8.15. The summed E-state index contributed by atoms with van der Waals surface area (Å²) in [7, 11) is 0. The van der Waals surface area contributed by atoms with Gasteiger partial charge in [0.25, 0.3) is 5.56 Å². The van der Waals surface area contributed by atoms with Crippen molar-refractivity contribution in [2.75, 3.05) is 13.1 Å². The second-order valence-electron chi connectivity index (χ2n) is 3.76. The fourth-order valence-electron chi connectivity index (χ4n) is 1.84. The second kappa shape index (κ2) is 4.37. The minimum absolute atomic E-state index is 0.00143. The van der Waals surface area contributed by atoms with Crippen LogP contribution in [0, 0.1) is 5.92 Å². The first-order valence-corrected chi connectivity index (χ1v) is 5.07. The van der Waals surface area contributed by atoms with Gasteiger partial charge in [0.15, 0.2) is 0 Å². The maximum atomic E-state index is 11.3. The zero-order valence-corrected chi connectivity index (χ0v) is 8.15. The standard InChI is InChI=1S/C10H15N3O/c14-10-8-12-4-6-13(10)5-2-9-1-3-11-7-9/h4,6,8-9,11H,1-3,5,7H2. The molecule has 76 valence electrons. The van der Waals surface area contributed by atoms with Crippen molar-refractivity contribution in [1.82, 2.24) is 14.9 Å². The maximum absolute atomic E-state index is 11.3. The smallest absolute Gasteiger partial charge is 0.268 e. The summed E-state index contributed by atoms with van der Waals surface area (Å²) < 4.78 is 1.73. The molecule has 1 aromatic heterocycles. The van der Waals surface area contributed by atoms with Crippen molar-refractivity contribution in [3.8, 4) is 0 Å². The molecule has 1 N–H and O–H groups in total. The molecule has 0 radical (unpaired) electrons. The Morgan fingerprint density at radius 2 is 2.57 bits per heavy atom. The van der Waals surface area contributed by atoms with Crippen molar-refractivity contribution in [2.24, 2.45) is 5.92 Å². The zero-order chi connectivity index (χ0) is 9.80. The first-order chi connectivity index (χ1) is 6.86. The third-order valence-corrected chi connectivity index (χ3v) is 2.74. The van der Waals surface area contributed by atoms with E-state index < -0.39 is 0 Å². The van der Waals surface area contributed by atoms with Crippen LogP contribution in [0.5, 0.6) is 0 Å². The molecule has 0 spiro atoms. The Bertz CT molecular complexity index is 341. The van der Waals surface area contributed by atoms with E-state index in [0.717, 1.165) is 32.0 Å². The average Bonchev–Trinajstić information content (AvgIpc) is 2.69. The Morgan fingerprint density at radius 1 is 1.64 bits per heavy atom. The molecule has 1 saturated heterocycles. The highest BCUT2D eigenvalue weighted by Gasteiger charge is 2.13. The van der Waals surface area contributed by atoms with Gasteiger partial charge in [-0.3, -0.25) is 9.78 Å². The maximum Gasteiger partial charge on any atom is 0.268 e. The molecule has 4 nitrogen and oxygen atoms in total. The fraction of sp³-hybridized carbons (Fsp3) is 0.600. The Kier molecular flexibility index (Phi) is 2.93. The number of aryl methyl sites for hydroxylation is 1. The summed E-state index contributed by atoms with van der Waals surface area (Å²) in [5.41, 5.74) is -0.00143. The van der Waals surface area contributed by atoms with Gasteiger partial charge >= 0.3 is 0 Å². The lowest BCUT2D eigenvalue weighted by Gasteiger charge is -2.08. The molecule has 4 heteroatoms. The van der Waals surface area contributed by atoms with E-state index in [9.17, 15) is 4.79 Å². The van der Waals surface area contributed by atoms with E-state index >= 15 is 0 Å². The highest BCUT2D eigenvalue weighted by molar-refractivity contribution is 4.81. The van der Waals surface area contributed by atoms with Crippen LogP contribution >= 0.6 is 0 Å². The summed E-state index contributed by atoms with van der Waals surface area (Å²) >= 11 is 0. The monoisotopic (exact) mass is 193 g/mol. The number of hydrogen-bond acceptors (Lipinski definition) is 3. The van der Waals surface area contributed by atoms with Crippen LogP contribution in [0.4, 0.5) is 0 Å². The predicted octanol–water partition coefficient (Wildman–Crippen LogP) is 0.243. The highest BCUT2D eigenvalue weighted by atomic mass is 16.1. The van der Waals surface area contributed by atoms with Crippen LogP contribution in [0.15, 0.2) is 23.4 Å². The molecular formula is C10H15N3O. The SMILES string of the molecule is O=c1cnccn1CCC1CCNC1. The van der Waals surface area contributed by atoms with Crippen molar-refractivity contribution < 1.29 is 0 Å². The van der Waals surface area contributed by atoms with Crippen LogP contribution in [0.25, 0.3) is 0 Å². The molecule has 14 heavy (non-hydrogen) atoms. The number of hydrogen-bond donors (Lipinski definition) is 1. The average molecular weight is 193 g/mol. The largest absolute Gasteiger partial charge is 0.316 e. The van der Waals surface area contributed by atoms with Crippen molar-refractivity contribution in [3.05, 3.63) is 28.9 Å². The molecule has 0 aromatic carbocycles. The van der Waals surface area contributed by atoms with E-state index in [2.05, 4.69) is 10.3 Å². The van der Waals surface area contributed by atoms with Gasteiger partial charge in [0.1, 0.15) is 0 Å². The predicted molar refractivity (Wildman–Crippen MR) is 54.1 cm³/mol. The molecule has 0 saturated carbocycles. The molecular weight excluding hydrogens is 178 g/mol. The lowest BCUT2D eigenvalue weighted by molar-refractivity contribution is 0.473. The first kappa shape index (κ1) is 9.40. The lowest BCUT2D eigenvalue weighted by Crippen LogP contribution is -2.20. The van der Waals surface area contributed by atoms with Gasteiger partial charge in [-0.25, -0.2) is 0 Å². The van der Waals surface area contributed by atoms with Crippen molar-refractivity contribution >= 4 is 0 Å². The van der Waals surface area contributed by atoms with E-state index in [-0.39, 0.29) is 5.56 Å². The molecule has 0 bridgehead atoms. The van der Waals surface area contributed by atoms with Crippen LogP contribution in [0.2, 0.25) is 0 Å². The Balaban J connectivity index is 1.91. The summed E-state index contributed by atoms with van der Waals surface area (Å²) in [6.07, 6.45) is 7.10. The first-order valence-electron chi connectivity index (χ1n) is 5.07. The van der Waals surface area contributed by atoms with Crippen LogP contribution in [-0.2, 0) is 6.54 Å². The Labute approximate surface area is 83.0 Å². The molecule has 0 amide bonds. The number of nitrogens with one attached hydrogen (secondary N) is 1. The second-order valence-corrected chi connectivity index (χ2v) is 3.76. The lowest BCUT2D eigenvalue weighted by atomic mass is 10.1. The van der Waals surface area contributed by atoms with E-state index in [4.69, 9.17) is 0 Å². The summed E-state index contributed by atoms with van der Waals surface area (Å²) in [6, 6.07) is 0. The van der Waals surface area contributed by atoms with E-state index in [1.54, 1.807) is 17.0 Å². The number of nitrogens with zero attached hydrogens (tertiary/aromatic N) is 2. The molecule has 1 aliphatic rings. The summed E-state index contributed by atoms with van der Waals surface area (Å²) in [6.45, 7) is 3.03. The van der Waals surface area contributed by atoms with E-state index in [1.165, 1.54) is 12.6 Å². The third-order valence-electron chi connectivity index (χ3n) is 2.74. The van der Waals surface area contributed by atoms with Crippen LogP contribution in [0.1, 0.15) is 12.8 Å². The van der Waals surface area contributed by atoms with Gasteiger partial charge in [-0.15, -0.1) is 0 Å². The quantitative estimate of drug-likeness (QED) is 0.748. The van der Waals surface area contributed by atoms with Gasteiger partial charge < -0.3 is 9.88 Å². The van der Waals surface area contributed by atoms with Gasteiger partial charge in [-0.2, -0.15) is 0 Å². The molecule has 1 atom stereocenters. The minimum atomic E-state index is -0.00143. The summed E-state index contributed by atoms with van der Waals surface area (Å²) in [5.74, 6) is 0.732. The van der Waals surface area contributed by atoms with Crippen molar-refractivity contribution in [3.63, 3.8) is 0 Å². The third kappa shape index (κ3) is 2.20. The van der Waals surface area contributed by atoms with Gasteiger partial charge in [0, 0.05) is 18.9 Å².